The summed E-state index contributed by atoms with van der Waals surface area (Å²) < 4.78 is 12.1. The minimum atomic E-state index is -1.09. The number of Topliss-reactive ketones (excluding diaryl/α,β-unsaturated/α-hetero) is 1. The summed E-state index contributed by atoms with van der Waals surface area (Å²) in [7, 11) is 1.62. The molecule has 2 saturated heterocycles. The van der Waals surface area contributed by atoms with Gasteiger partial charge in [-0.2, -0.15) is 0 Å². The summed E-state index contributed by atoms with van der Waals surface area (Å²) in [6.45, 7) is 6.05. The average molecular weight is 572 g/mol. The van der Waals surface area contributed by atoms with Crippen LogP contribution in [0.5, 0.6) is 0 Å². The van der Waals surface area contributed by atoms with E-state index in [0.29, 0.717) is 44.9 Å². The van der Waals surface area contributed by atoms with Crippen molar-refractivity contribution in [1.82, 2.24) is 25.4 Å². The lowest BCUT2D eigenvalue weighted by molar-refractivity contribution is -0.134. The molecule has 1 unspecified atom stereocenters. The fourth-order valence-electron chi connectivity index (χ4n) is 5.06. The Balaban J connectivity index is 1.46. The maximum Gasteiger partial charge on any atom is 0.250 e. The summed E-state index contributed by atoms with van der Waals surface area (Å²) in [5, 5.41) is 8.29. The van der Waals surface area contributed by atoms with Crippen molar-refractivity contribution in [3.8, 4) is 0 Å². The maximum absolute atomic E-state index is 13.7. The third-order valence-corrected chi connectivity index (χ3v) is 7.82. The number of aromatic nitrogens is 1. The Kier molecular flexibility index (Phi) is 10.1. The lowest BCUT2D eigenvalue weighted by Gasteiger charge is -2.27. The standard InChI is InChI=1S/C29H41N5O7/c1-19(30-24(35)17-34-10-12-40-13-11-34)27(38)32-23(15-21-8-9-33(3)25(36)16-21)28(39)31-22(14-20-6-4-5-7-20)26(37)29(2)18-41-29/h6,8-9,16,19,22-23H,4-5,7,10-15,17-18H2,1-3H3,(H,30,35)(H,31,39)(H,32,38)/t19?,22-,23-,29+/m0/s1. The van der Waals surface area contributed by atoms with E-state index in [9.17, 15) is 24.0 Å². The molecule has 1 aromatic rings. The van der Waals surface area contributed by atoms with E-state index in [2.05, 4.69) is 22.0 Å². The van der Waals surface area contributed by atoms with Crippen LogP contribution in [0.3, 0.4) is 0 Å². The van der Waals surface area contributed by atoms with Gasteiger partial charge in [0.1, 0.15) is 17.7 Å². The molecule has 0 radical (unpaired) electrons. The van der Waals surface area contributed by atoms with Gasteiger partial charge in [0.2, 0.25) is 17.7 Å². The van der Waals surface area contributed by atoms with E-state index in [-0.39, 0.29) is 30.2 Å². The monoisotopic (exact) mass is 571 g/mol. The first-order chi connectivity index (χ1) is 19.5. The summed E-state index contributed by atoms with van der Waals surface area (Å²) in [4.78, 5) is 66.8. The van der Waals surface area contributed by atoms with Gasteiger partial charge in [-0.1, -0.05) is 11.6 Å². The van der Waals surface area contributed by atoms with Gasteiger partial charge in [0.05, 0.1) is 32.4 Å². The Bertz CT molecular complexity index is 1230. The molecule has 4 rings (SSSR count). The van der Waals surface area contributed by atoms with Crippen molar-refractivity contribution >= 4 is 23.5 Å². The number of nitrogens with one attached hydrogen (secondary N) is 3. The van der Waals surface area contributed by atoms with Crippen molar-refractivity contribution in [2.24, 2.45) is 7.05 Å². The van der Waals surface area contributed by atoms with Gasteiger partial charge in [0.15, 0.2) is 5.78 Å². The highest BCUT2D eigenvalue weighted by molar-refractivity contribution is 5.98. The normalized spacial score (nSPS) is 22.7. The zero-order valence-electron chi connectivity index (χ0n) is 24.1. The van der Waals surface area contributed by atoms with Crippen molar-refractivity contribution in [1.29, 1.82) is 0 Å². The maximum atomic E-state index is 13.7. The van der Waals surface area contributed by atoms with Crippen molar-refractivity contribution in [3.63, 3.8) is 0 Å². The van der Waals surface area contributed by atoms with E-state index in [1.165, 1.54) is 10.6 Å². The van der Waals surface area contributed by atoms with Crippen LogP contribution < -0.4 is 21.5 Å². The number of aryl methyl sites for hydroxylation is 1. The van der Waals surface area contributed by atoms with Gasteiger partial charge in [0.25, 0.3) is 5.56 Å². The molecule has 12 heteroatoms. The molecule has 3 heterocycles. The van der Waals surface area contributed by atoms with Crippen LogP contribution in [0.15, 0.2) is 34.8 Å². The Morgan fingerprint density at radius 2 is 1.76 bits per heavy atom. The Morgan fingerprint density at radius 1 is 1.05 bits per heavy atom. The molecule has 0 spiro atoms. The molecule has 0 bridgehead atoms. The number of nitrogens with zero attached hydrogens (tertiary/aromatic N) is 2. The van der Waals surface area contributed by atoms with Crippen LogP contribution in [-0.4, -0.2) is 96.2 Å². The van der Waals surface area contributed by atoms with Gasteiger partial charge < -0.3 is 30.0 Å². The number of ketones is 1. The molecule has 4 atom stereocenters. The SMILES string of the molecule is CC(NC(=O)CN1CCOCC1)C(=O)N[C@@H](Cc1ccn(C)c(=O)c1)C(=O)N[C@@H](CC1=CCCC1)C(=O)[C@@]1(C)CO1. The topological polar surface area (TPSA) is 151 Å². The van der Waals surface area contributed by atoms with Crippen LogP contribution in [-0.2, 0) is 42.1 Å². The number of allylic oxidation sites excluding steroid dienone is 1. The number of amides is 3. The molecule has 224 valence electrons. The Morgan fingerprint density at radius 3 is 2.39 bits per heavy atom. The third-order valence-electron chi connectivity index (χ3n) is 7.82. The van der Waals surface area contributed by atoms with Crippen LogP contribution in [0.25, 0.3) is 0 Å². The number of hydrogen-bond donors (Lipinski definition) is 3. The third kappa shape index (κ3) is 8.57. The molecule has 3 aliphatic rings. The molecule has 2 fully saturated rings. The molecule has 2 aliphatic heterocycles. The zero-order valence-corrected chi connectivity index (χ0v) is 24.1. The first-order valence-corrected chi connectivity index (χ1v) is 14.3. The van der Waals surface area contributed by atoms with Gasteiger partial charge in [-0.15, -0.1) is 0 Å². The molecular formula is C29H41N5O7. The number of epoxide rings is 1. The second-order valence-electron chi connectivity index (χ2n) is 11.3. The van der Waals surface area contributed by atoms with Crippen molar-refractivity contribution in [3.05, 3.63) is 45.9 Å². The first kappa shape index (κ1) is 30.6. The highest BCUT2D eigenvalue weighted by Crippen LogP contribution is 2.31. The van der Waals surface area contributed by atoms with Gasteiger partial charge in [0, 0.05) is 38.8 Å². The van der Waals surface area contributed by atoms with E-state index >= 15 is 0 Å². The van der Waals surface area contributed by atoms with Crippen molar-refractivity contribution in [2.75, 3.05) is 39.5 Å². The number of ether oxygens (including phenoxy) is 2. The lowest BCUT2D eigenvalue weighted by atomic mass is 9.94. The zero-order chi connectivity index (χ0) is 29.6. The summed E-state index contributed by atoms with van der Waals surface area (Å²) in [6.07, 6.45) is 6.91. The van der Waals surface area contributed by atoms with E-state index in [1.807, 2.05) is 4.90 Å². The van der Waals surface area contributed by atoms with Crippen LogP contribution in [0, 0.1) is 0 Å². The number of pyridine rings is 1. The average Bonchev–Trinajstić information content (AvgIpc) is 3.48. The van der Waals surface area contributed by atoms with Gasteiger partial charge in [-0.3, -0.25) is 28.9 Å². The van der Waals surface area contributed by atoms with Crippen LogP contribution in [0.1, 0.15) is 45.1 Å². The predicted molar refractivity (Wildman–Crippen MR) is 150 cm³/mol. The predicted octanol–water partition coefficient (Wildman–Crippen LogP) is -0.407. The number of rotatable bonds is 13. The largest absolute Gasteiger partial charge is 0.379 e. The summed E-state index contributed by atoms with van der Waals surface area (Å²) in [5.41, 5.74) is 0.477. The van der Waals surface area contributed by atoms with Crippen molar-refractivity contribution < 1.29 is 28.7 Å². The minimum absolute atomic E-state index is 0.0273. The molecule has 1 aromatic heterocycles. The molecule has 12 nitrogen and oxygen atoms in total. The molecule has 0 aromatic carbocycles. The minimum Gasteiger partial charge on any atom is -0.379 e. The van der Waals surface area contributed by atoms with Crippen LogP contribution >= 0.6 is 0 Å². The van der Waals surface area contributed by atoms with E-state index in [4.69, 9.17) is 9.47 Å². The van der Waals surface area contributed by atoms with E-state index in [0.717, 1.165) is 24.8 Å². The fraction of sp³-hybridized carbons (Fsp3) is 0.621. The summed E-state index contributed by atoms with van der Waals surface area (Å²) in [5.74, 6) is -1.62. The van der Waals surface area contributed by atoms with Crippen LogP contribution in [0.2, 0.25) is 0 Å². The number of carbonyl (C=O) groups excluding carboxylic acids is 4. The van der Waals surface area contributed by atoms with E-state index < -0.39 is 35.5 Å². The molecule has 3 N–H and O–H groups in total. The highest BCUT2D eigenvalue weighted by Gasteiger charge is 2.50. The second-order valence-corrected chi connectivity index (χ2v) is 11.3. The number of morpholine rings is 1. The Hall–Kier alpha value is -3.35. The molecule has 1 aliphatic carbocycles. The number of carbonyl (C=O) groups is 4. The molecular weight excluding hydrogens is 530 g/mol. The van der Waals surface area contributed by atoms with E-state index in [1.54, 1.807) is 33.2 Å². The second kappa shape index (κ2) is 13.5. The molecule has 0 saturated carbocycles. The van der Waals surface area contributed by atoms with Crippen molar-refractivity contribution in [2.45, 2.75) is 69.7 Å². The first-order valence-electron chi connectivity index (χ1n) is 14.3. The van der Waals surface area contributed by atoms with Crippen LogP contribution in [0.4, 0.5) is 0 Å². The molecule has 41 heavy (non-hydrogen) atoms. The summed E-state index contributed by atoms with van der Waals surface area (Å²) in [6, 6.07) is 0.293. The quantitative estimate of drug-likeness (QED) is 0.214. The highest BCUT2D eigenvalue weighted by atomic mass is 16.6. The van der Waals surface area contributed by atoms with Gasteiger partial charge in [-0.05, 0) is 51.2 Å². The fourth-order valence-corrected chi connectivity index (χ4v) is 5.06. The smallest absolute Gasteiger partial charge is 0.250 e. The van der Waals surface area contributed by atoms with Gasteiger partial charge in [-0.25, -0.2) is 0 Å². The summed E-state index contributed by atoms with van der Waals surface area (Å²) >= 11 is 0. The number of hydrogen-bond acceptors (Lipinski definition) is 8. The molecule has 3 amide bonds. The Labute approximate surface area is 239 Å². The van der Waals surface area contributed by atoms with Gasteiger partial charge >= 0.3 is 0 Å². The lowest BCUT2D eigenvalue weighted by Crippen LogP contribution is -2.57.